The minimum atomic E-state index is -4.14. The molecule has 2 unspecified atom stereocenters. The molecule has 3 aromatic rings. The Morgan fingerprint density at radius 3 is 2.23 bits per heavy atom. The van der Waals surface area contributed by atoms with Crippen molar-refractivity contribution < 1.29 is 17.1 Å². The lowest BCUT2D eigenvalue weighted by atomic mass is 9.86. The smallest absolute Gasteiger partial charge is 0.268 e. The third-order valence-corrected chi connectivity index (χ3v) is 16.8. The van der Waals surface area contributed by atoms with Crippen LogP contribution in [0.5, 0.6) is 0 Å². The van der Waals surface area contributed by atoms with Crippen molar-refractivity contribution in [2.75, 3.05) is 6.61 Å². The number of nitrogens with two attached hydrogens (primary N) is 1. The molecule has 0 radical (unpaired) electrons. The molecule has 0 saturated heterocycles. The van der Waals surface area contributed by atoms with Gasteiger partial charge in [0.25, 0.3) is 10.0 Å². The van der Waals surface area contributed by atoms with Gasteiger partial charge < -0.3 is 4.43 Å². The van der Waals surface area contributed by atoms with Crippen molar-refractivity contribution in [2.24, 2.45) is 5.14 Å². The van der Waals surface area contributed by atoms with Crippen LogP contribution in [0.15, 0.2) is 51.8 Å². The van der Waals surface area contributed by atoms with Gasteiger partial charge in [0.2, 0.25) is 0 Å². The lowest BCUT2D eigenvalue weighted by Crippen LogP contribution is -2.51. The topological polar surface area (TPSA) is 91.4 Å². The van der Waals surface area contributed by atoms with Crippen molar-refractivity contribution in [1.29, 1.82) is 0 Å². The molecule has 216 valence electrons. The van der Waals surface area contributed by atoms with Crippen LogP contribution in [0.1, 0.15) is 59.1 Å². The zero-order chi connectivity index (χ0) is 29.6. The summed E-state index contributed by atoms with van der Waals surface area (Å²) in [4.78, 5) is 0.0965. The van der Waals surface area contributed by atoms with Crippen molar-refractivity contribution >= 4 is 79.4 Å². The number of hydrogen-bond acceptors (Lipinski definition) is 4. The van der Waals surface area contributed by atoms with Crippen LogP contribution in [0.4, 0.5) is 0 Å². The number of fused-ring (bicyclic) bond motifs is 1. The van der Waals surface area contributed by atoms with Gasteiger partial charge in [-0.3, -0.25) is 5.14 Å². The van der Waals surface area contributed by atoms with Crippen molar-refractivity contribution in [3.05, 3.63) is 62.7 Å². The molecular formula is C27H37BrCl2N2O4S2Si. The van der Waals surface area contributed by atoms with Gasteiger partial charge in [-0.25, -0.2) is 16.6 Å². The third-order valence-electron chi connectivity index (χ3n) is 7.85. The van der Waals surface area contributed by atoms with E-state index in [4.69, 9.17) is 32.8 Å². The first-order valence-corrected chi connectivity index (χ1v) is 19.8. The van der Waals surface area contributed by atoms with Crippen LogP contribution >= 0.6 is 39.1 Å². The number of benzene rings is 2. The molecule has 0 spiro atoms. The molecule has 0 aliphatic heterocycles. The Morgan fingerprint density at radius 2 is 1.72 bits per heavy atom. The Kier molecular flexibility index (Phi) is 9.98. The summed E-state index contributed by atoms with van der Waals surface area (Å²) in [6, 6.07) is 11.6. The van der Waals surface area contributed by atoms with E-state index in [9.17, 15) is 12.6 Å². The van der Waals surface area contributed by atoms with Gasteiger partial charge in [-0.05, 0) is 55.7 Å². The number of halogens is 3. The quantitative estimate of drug-likeness (QED) is 0.171. The molecule has 2 aromatic carbocycles. The SMILES string of the molecule is CCC[C@@H](c1cc2c(Br)cc(Cl)c(Cl)c2n1S(=O)(=O)c1ccccc1)C(C)(CO[Si](C)(C)C(C)(C)C)S(N)=O. The van der Waals surface area contributed by atoms with E-state index in [0.717, 1.165) is 0 Å². The van der Waals surface area contributed by atoms with Crippen molar-refractivity contribution in [3.63, 3.8) is 0 Å². The summed E-state index contributed by atoms with van der Waals surface area (Å²) in [5, 5.41) is 7.05. The summed E-state index contributed by atoms with van der Waals surface area (Å²) in [6.07, 6.45) is 1.21. The normalized spacial score (nSPS) is 16.3. The van der Waals surface area contributed by atoms with E-state index in [2.05, 4.69) is 49.8 Å². The number of aromatic nitrogens is 1. The lowest BCUT2D eigenvalue weighted by molar-refractivity contribution is 0.228. The van der Waals surface area contributed by atoms with Gasteiger partial charge in [0.05, 0.1) is 42.8 Å². The summed E-state index contributed by atoms with van der Waals surface area (Å²) in [5.41, 5.74) is 0.687. The average molecular weight is 697 g/mol. The highest BCUT2D eigenvalue weighted by molar-refractivity contribution is 9.10. The van der Waals surface area contributed by atoms with E-state index in [1.807, 2.05) is 13.8 Å². The molecule has 1 aromatic heterocycles. The molecule has 0 fully saturated rings. The van der Waals surface area contributed by atoms with Crippen LogP contribution in [0.2, 0.25) is 28.2 Å². The Hall–Kier alpha value is -0.723. The van der Waals surface area contributed by atoms with E-state index < -0.39 is 40.0 Å². The second-order valence-corrected chi connectivity index (χ2v) is 21.3. The standard InChI is InChI=1S/C27H37BrCl2N2O4S2Si/c1-8-12-20(27(5,37(31)33)17-36-39(6,7)26(2,3)4)23-15-19-21(28)16-22(29)24(30)25(19)32(23)38(34,35)18-13-10-9-11-14-18/h9-11,13-16,20H,8,12,17,31H2,1-7H3/t20-,27?,37?/m0/s1. The van der Waals surface area contributed by atoms with E-state index in [1.165, 1.54) is 16.1 Å². The molecule has 3 rings (SSSR count). The molecule has 0 aliphatic rings. The highest BCUT2D eigenvalue weighted by Crippen LogP contribution is 2.46. The summed E-state index contributed by atoms with van der Waals surface area (Å²) >= 11 is 16.7. The Morgan fingerprint density at radius 1 is 1.13 bits per heavy atom. The maximum atomic E-state index is 14.3. The highest BCUT2D eigenvalue weighted by Gasteiger charge is 2.46. The lowest BCUT2D eigenvalue weighted by Gasteiger charge is -2.42. The van der Waals surface area contributed by atoms with Crippen LogP contribution in [0, 0.1) is 0 Å². The monoisotopic (exact) mass is 694 g/mol. The van der Waals surface area contributed by atoms with Gasteiger partial charge in [-0.2, -0.15) is 0 Å². The molecule has 0 amide bonds. The molecule has 6 nitrogen and oxygen atoms in total. The first-order valence-electron chi connectivity index (χ1n) is 12.7. The van der Waals surface area contributed by atoms with Crippen LogP contribution in [-0.4, -0.2) is 36.3 Å². The maximum Gasteiger partial charge on any atom is 0.268 e. The fourth-order valence-corrected chi connectivity index (χ4v) is 9.01. The first-order chi connectivity index (χ1) is 17.9. The van der Waals surface area contributed by atoms with Crippen molar-refractivity contribution in [2.45, 2.75) is 81.2 Å². The molecule has 3 atom stereocenters. The van der Waals surface area contributed by atoms with Crippen LogP contribution in [0.25, 0.3) is 10.9 Å². The van der Waals surface area contributed by atoms with Gasteiger partial charge in [-0.1, -0.05) is 91.4 Å². The minimum absolute atomic E-state index is 0.0784. The van der Waals surface area contributed by atoms with Gasteiger partial charge in [-0.15, -0.1) is 0 Å². The van der Waals surface area contributed by atoms with Gasteiger partial charge in [0.1, 0.15) is 0 Å². The third kappa shape index (κ3) is 6.23. The molecule has 2 N–H and O–H groups in total. The molecule has 0 saturated carbocycles. The Bertz CT molecular complexity index is 1490. The number of rotatable bonds is 10. The fourth-order valence-electron chi connectivity index (χ4n) is 4.36. The molecule has 0 bridgehead atoms. The number of nitrogens with zero attached hydrogens (tertiary/aromatic N) is 1. The Labute approximate surface area is 254 Å². The summed E-state index contributed by atoms with van der Waals surface area (Å²) in [5.74, 6) is -0.550. The second-order valence-electron chi connectivity index (χ2n) is 11.6. The average Bonchev–Trinajstić information content (AvgIpc) is 3.26. The first kappa shape index (κ1) is 32.8. The second kappa shape index (κ2) is 11.9. The van der Waals surface area contributed by atoms with Crippen LogP contribution in [-0.2, 0) is 25.4 Å². The Balaban J connectivity index is 2.39. The highest BCUT2D eigenvalue weighted by atomic mass is 79.9. The summed E-state index contributed by atoms with van der Waals surface area (Å²) in [7, 11) is -8.26. The zero-order valence-electron chi connectivity index (χ0n) is 23.3. The molecular weight excluding hydrogens is 659 g/mol. The fraction of sp³-hybridized carbons (Fsp3) is 0.481. The molecule has 0 aliphatic carbocycles. The minimum Gasteiger partial charge on any atom is -0.415 e. The van der Waals surface area contributed by atoms with E-state index in [0.29, 0.717) is 28.4 Å². The largest absolute Gasteiger partial charge is 0.415 e. The van der Waals surface area contributed by atoms with Crippen molar-refractivity contribution in [3.8, 4) is 0 Å². The number of hydrogen-bond donors (Lipinski definition) is 1. The van der Waals surface area contributed by atoms with Crippen molar-refractivity contribution in [1.82, 2.24) is 3.97 Å². The predicted octanol–water partition coefficient (Wildman–Crippen LogP) is 8.23. The predicted molar refractivity (Wildman–Crippen MR) is 170 cm³/mol. The van der Waals surface area contributed by atoms with Crippen LogP contribution < -0.4 is 5.14 Å². The molecule has 1 heterocycles. The summed E-state index contributed by atoms with van der Waals surface area (Å²) in [6.45, 7) is 14.6. The van der Waals surface area contributed by atoms with Gasteiger partial charge >= 0.3 is 0 Å². The van der Waals surface area contributed by atoms with Gasteiger partial charge in [0.15, 0.2) is 8.32 Å². The van der Waals surface area contributed by atoms with Crippen LogP contribution in [0.3, 0.4) is 0 Å². The van der Waals surface area contributed by atoms with Gasteiger partial charge in [0, 0.05) is 21.5 Å². The molecule has 12 heteroatoms. The van der Waals surface area contributed by atoms with E-state index >= 15 is 0 Å². The maximum absolute atomic E-state index is 14.3. The van der Waals surface area contributed by atoms with E-state index in [1.54, 1.807) is 30.3 Å². The summed E-state index contributed by atoms with van der Waals surface area (Å²) < 4.78 is 49.2. The zero-order valence-corrected chi connectivity index (χ0v) is 29.1. The molecule has 39 heavy (non-hydrogen) atoms. The van der Waals surface area contributed by atoms with E-state index in [-0.39, 0.29) is 32.1 Å².